The SMILES string of the molecule is Nc1cccc(C(=O)c2cc3[nH]c(=O)[nH]c3cc2Br)c1Cl. The molecule has 0 saturated heterocycles. The van der Waals surface area contributed by atoms with Gasteiger partial charge in [-0.1, -0.05) is 17.7 Å². The molecule has 1 heterocycles. The number of halogens is 2. The Labute approximate surface area is 132 Å². The number of rotatable bonds is 2. The van der Waals surface area contributed by atoms with Gasteiger partial charge >= 0.3 is 5.69 Å². The van der Waals surface area contributed by atoms with Gasteiger partial charge in [-0.25, -0.2) is 4.79 Å². The Morgan fingerprint density at radius 1 is 1.14 bits per heavy atom. The van der Waals surface area contributed by atoms with E-state index in [0.717, 1.165) is 0 Å². The van der Waals surface area contributed by atoms with Crippen molar-refractivity contribution in [3.63, 3.8) is 0 Å². The zero-order valence-corrected chi connectivity index (χ0v) is 12.9. The first-order chi connectivity index (χ1) is 9.97. The molecule has 0 bridgehead atoms. The first kappa shape index (κ1) is 13.9. The van der Waals surface area contributed by atoms with E-state index >= 15 is 0 Å². The van der Waals surface area contributed by atoms with Crippen molar-refractivity contribution in [2.75, 3.05) is 5.73 Å². The highest BCUT2D eigenvalue weighted by atomic mass is 79.9. The Balaban J connectivity index is 2.19. The van der Waals surface area contributed by atoms with Gasteiger partial charge in [-0.05, 0) is 40.2 Å². The molecule has 0 radical (unpaired) electrons. The molecular weight excluding hydrogens is 358 g/mol. The number of carbonyl (C=O) groups excluding carboxylic acids is 1. The maximum absolute atomic E-state index is 12.6. The summed E-state index contributed by atoms with van der Waals surface area (Å²) in [5.41, 5.74) is 7.60. The fourth-order valence-corrected chi connectivity index (χ4v) is 2.84. The second kappa shape index (κ2) is 5.05. The number of nitrogens with two attached hydrogens (primary N) is 1. The van der Waals surface area contributed by atoms with Crippen LogP contribution in [-0.4, -0.2) is 15.8 Å². The lowest BCUT2D eigenvalue weighted by Crippen LogP contribution is -2.05. The van der Waals surface area contributed by atoms with E-state index in [1.165, 1.54) is 0 Å². The number of fused-ring (bicyclic) bond motifs is 1. The van der Waals surface area contributed by atoms with Gasteiger partial charge in [0.05, 0.1) is 21.7 Å². The zero-order chi connectivity index (χ0) is 15.1. The number of aromatic amines is 2. The van der Waals surface area contributed by atoms with Gasteiger partial charge in [0.1, 0.15) is 0 Å². The number of nitrogens with one attached hydrogen (secondary N) is 2. The van der Waals surface area contributed by atoms with Crippen molar-refractivity contribution in [2.45, 2.75) is 0 Å². The standard InChI is InChI=1S/C14H9BrClN3O2/c15-8-5-11-10(18-14(21)19-11)4-7(8)13(20)6-2-1-3-9(17)12(6)16/h1-5H,17H2,(H2,18,19,21). The lowest BCUT2D eigenvalue weighted by atomic mass is 10.0. The van der Waals surface area contributed by atoms with Crippen molar-refractivity contribution in [1.29, 1.82) is 0 Å². The number of hydrogen-bond donors (Lipinski definition) is 3. The molecule has 4 N–H and O–H groups in total. The molecule has 0 aliphatic carbocycles. The summed E-state index contributed by atoms with van der Waals surface area (Å²) in [4.78, 5) is 29.2. The van der Waals surface area contributed by atoms with Crippen LogP contribution in [0.15, 0.2) is 39.6 Å². The van der Waals surface area contributed by atoms with Crippen LogP contribution in [0, 0.1) is 0 Å². The van der Waals surface area contributed by atoms with Crippen LogP contribution in [0.5, 0.6) is 0 Å². The van der Waals surface area contributed by atoms with E-state index < -0.39 is 0 Å². The minimum atomic E-state index is -0.330. The zero-order valence-electron chi connectivity index (χ0n) is 10.5. The smallest absolute Gasteiger partial charge is 0.323 e. The Morgan fingerprint density at radius 3 is 2.52 bits per heavy atom. The number of imidazole rings is 1. The van der Waals surface area contributed by atoms with Gasteiger partial charge in [-0.3, -0.25) is 4.79 Å². The van der Waals surface area contributed by atoms with Crippen LogP contribution in [0.2, 0.25) is 5.02 Å². The summed E-state index contributed by atoms with van der Waals surface area (Å²) in [6, 6.07) is 8.16. The van der Waals surface area contributed by atoms with Crippen LogP contribution in [0.4, 0.5) is 5.69 Å². The van der Waals surface area contributed by atoms with E-state index in [0.29, 0.717) is 32.3 Å². The molecule has 3 aromatic rings. The van der Waals surface area contributed by atoms with Crippen molar-refractivity contribution in [3.8, 4) is 0 Å². The summed E-state index contributed by atoms with van der Waals surface area (Å²) in [7, 11) is 0. The summed E-state index contributed by atoms with van der Waals surface area (Å²) in [6.45, 7) is 0. The number of hydrogen-bond acceptors (Lipinski definition) is 3. The third-order valence-electron chi connectivity index (χ3n) is 3.12. The van der Waals surface area contributed by atoms with Gasteiger partial charge in [0.25, 0.3) is 0 Å². The monoisotopic (exact) mass is 365 g/mol. The van der Waals surface area contributed by atoms with Gasteiger partial charge in [-0.2, -0.15) is 0 Å². The Bertz CT molecular complexity index is 930. The number of carbonyl (C=O) groups is 1. The quantitative estimate of drug-likeness (QED) is 0.481. The number of ketones is 1. The molecule has 0 amide bonds. The van der Waals surface area contributed by atoms with Crippen molar-refractivity contribution >= 4 is 50.0 Å². The highest BCUT2D eigenvalue weighted by molar-refractivity contribution is 9.10. The molecule has 0 aliphatic rings. The minimum Gasteiger partial charge on any atom is -0.398 e. The minimum absolute atomic E-state index is 0.219. The molecule has 5 nitrogen and oxygen atoms in total. The van der Waals surface area contributed by atoms with Crippen molar-refractivity contribution in [1.82, 2.24) is 9.97 Å². The number of benzene rings is 2. The fourth-order valence-electron chi connectivity index (χ4n) is 2.10. The largest absolute Gasteiger partial charge is 0.398 e. The third kappa shape index (κ3) is 2.36. The number of H-pyrrole nitrogens is 2. The lowest BCUT2D eigenvalue weighted by molar-refractivity contribution is 0.103. The highest BCUT2D eigenvalue weighted by Crippen LogP contribution is 2.29. The van der Waals surface area contributed by atoms with Crippen molar-refractivity contribution in [3.05, 3.63) is 61.4 Å². The maximum Gasteiger partial charge on any atom is 0.323 e. The molecule has 3 rings (SSSR count). The van der Waals surface area contributed by atoms with Crippen LogP contribution in [0.25, 0.3) is 11.0 Å². The van der Waals surface area contributed by atoms with Crippen LogP contribution >= 0.6 is 27.5 Å². The summed E-state index contributed by atoms with van der Waals surface area (Å²) >= 11 is 9.42. The lowest BCUT2D eigenvalue weighted by Gasteiger charge is -2.07. The molecule has 106 valence electrons. The Kier molecular flexibility index (Phi) is 3.35. The predicted octanol–water partition coefficient (Wildman–Crippen LogP) is 3.09. The molecule has 0 fully saturated rings. The average Bonchev–Trinajstić information content (AvgIpc) is 2.79. The molecule has 0 spiro atoms. The second-order valence-corrected chi connectivity index (χ2v) is 5.73. The topological polar surface area (TPSA) is 91.7 Å². The van der Waals surface area contributed by atoms with E-state index in [1.807, 2.05) is 0 Å². The highest BCUT2D eigenvalue weighted by Gasteiger charge is 2.18. The summed E-state index contributed by atoms with van der Waals surface area (Å²) < 4.78 is 0.564. The third-order valence-corrected chi connectivity index (χ3v) is 4.20. The van der Waals surface area contributed by atoms with Crippen LogP contribution in [0.1, 0.15) is 15.9 Å². The van der Waals surface area contributed by atoms with Gasteiger partial charge in [0, 0.05) is 15.6 Å². The van der Waals surface area contributed by atoms with E-state index in [4.69, 9.17) is 17.3 Å². The molecule has 21 heavy (non-hydrogen) atoms. The van der Waals surface area contributed by atoms with Crippen LogP contribution < -0.4 is 11.4 Å². The van der Waals surface area contributed by atoms with Crippen LogP contribution in [0.3, 0.4) is 0 Å². The second-order valence-electron chi connectivity index (χ2n) is 4.49. The Hall–Kier alpha value is -2.05. The molecule has 0 unspecified atom stereocenters. The summed E-state index contributed by atoms with van der Waals surface area (Å²) in [5.74, 6) is -0.275. The molecule has 2 aromatic carbocycles. The Morgan fingerprint density at radius 2 is 1.81 bits per heavy atom. The fraction of sp³-hybridized carbons (Fsp3) is 0. The number of nitrogen functional groups attached to an aromatic ring is 1. The van der Waals surface area contributed by atoms with Crippen molar-refractivity contribution < 1.29 is 4.79 Å². The first-order valence-electron chi connectivity index (χ1n) is 5.97. The van der Waals surface area contributed by atoms with Gasteiger partial charge in [-0.15, -0.1) is 0 Å². The number of anilines is 1. The molecule has 1 aromatic heterocycles. The van der Waals surface area contributed by atoms with Gasteiger partial charge < -0.3 is 15.7 Å². The van der Waals surface area contributed by atoms with E-state index in [1.54, 1.807) is 30.3 Å². The van der Waals surface area contributed by atoms with E-state index in [-0.39, 0.29) is 16.5 Å². The number of aromatic nitrogens is 2. The molecule has 7 heteroatoms. The predicted molar refractivity (Wildman–Crippen MR) is 85.9 cm³/mol. The van der Waals surface area contributed by atoms with Gasteiger partial charge in [0.15, 0.2) is 5.78 Å². The average molecular weight is 367 g/mol. The van der Waals surface area contributed by atoms with E-state index in [2.05, 4.69) is 25.9 Å². The van der Waals surface area contributed by atoms with E-state index in [9.17, 15) is 9.59 Å². The summed E-state index contributed by atoms with van der Waals surface area (Å²) in [5, 5.41) is 0.219. The molecule has 0 atom stereocenters. The normalized spacial score (nSPS) is 11.0. The molecule has 0 aliphatic heterocycles. The molecule has 0 saturated carbocycles. The summed E-state index contributed by atoms with van der Waals surface area (Å²) in [6.07, 6.45) is 0. The maximum atomic E-state index is 12.6. The molecular formula is C14H9BrClN3O2. The van der Waals surface area contributed by atoms with Crippen molar-refractivity contribution in [2.24, 2.45) is 0 Å². The van der Waals surface area contributed by atoms with Gasteiger partial charge in [0.2, 0.25) is 0 Å². The van der Waals surface area contributed by atoms with Crippen LogP contribution in [-0.2, 0) is 0 Å². The first-order valence-corrected chi connectivity index (χ1v) is 7.14.